The van der Waals surface area contributed by atoms with Crippen LogP contribution in [0.4, 0.5) is 0 Å². The van der Waals surface area contributed by atoms with Crippen LogP contribution >= 0.6 is 15.9 Å². The molecule has 0 radical (unpaired) electrons. The third-order valence-corrected chi connectivity index (χ3v) is 3.49. The first-order valence-corrected chi connectivity index (χ1v) is 6.95. The zero-order valence-electron chi connectivity index (χ0n) is 10.7. The lowest BCUT2D eigenvalue weighted by Crippen LogP contribution is -2.36. The average Bonchev–Trinajstić information content (AvgIpc) is 2.38. The number of rotatable bonds is 6. The van der Waals surface area contributed by atoms with Crippen molar-refractivity contribution in [2.75, 3.05) is 6.54 Å². The van der Waals surface area contributed by atoms with Crippen LogP contribution in [0.15, 0.2) is 22.8 Å². The van der Waals surface area contributed by atoms with E-state index in [4.69, 9.17) is 0 Å². The zero-order chi connectivity index (χ0) is 13.5. The zero-order valence-corrected chi connectivity index (χ0v) is 12.3. The Bertz CT molecular complexity index is 377. The number of amides is 1. The topological polar surface area (TPSA) is 62.2 Å². The van der Waals surface area contributed by atoms with E-state index >= 15 is 0 Å². The first-order valence-electron chi connectivity index (χ1n) is 6.16. The van der Waals surface area contributed by atoms with Crippen molar-refractivity contribution in [1.29, 1.82) is 0 Å². The van der Waals surface area contributed by atoms with Crippen LogP contribution in [0.3, 0.4) is 0 Å². The number of aromatic nitrogens is 1. The molecule has 1 rings (SSSR count). The number of nitrogens with zero attached hydrogens (tertiary/aromatic N) is 1. The normalized spacial score (nSPS) is 12.5. The number of aliphatic hydroxyl groups excluding tert-OH is 1. The predicted octanol–water partition coefficient (Wildman–Crippen LogP) is 2.37. The minimum Gasteiger partial charge on any atom is -0.391 e. The minimum atomic E-state index is -0.501. The van der Waals surface area contributed by atoms with Gasteiger partial charge in [-0.3, -0.25) is 4.79 Å². The van der Waals surface area contributed by atoms with Gasteiger partial charge in [-0.15, -0.1) is 0 Å². The minimum absolute atomic E-state index is 0.225. The Balaban J connectivity index is 2.48. The summed E-state index contributed by atoms with van der Waals surface area (Å²) in [6.07, 6.45) is 2.89. The van der Waals surface area contributed by atoms with E-state index in [9.17, 15) is 9.90 Å². The van der Waals surface area contributed by atoms with Gasteiger partial charge in [0.25, 0.3) is 5.91 Å². The van der Waals surface area contributed by atoms with Gasteiger partial charge in [-0.1, -0.05) is 26.7 Å². The summed E-state index contributed by atoms with van der Waals surface area (Å²) in [6.45, 7) is 4.34. The van der Waals surface area contributed by atoms with Gasteiger partial charge in [-0.25, -0.2) is 4.98 Å². The Morgan fingerprint density at radius 3 is 2.61 bits per heavy atom. The van der Waals surface area contributed by atoms with Gasteiger partial charge in [0.05, 0.1) is 6.10 Å². The summed E-state index contributed by atoms with van der Waals surface area (Å²) in [5.41, 5.74) is 0.356. The molecule has 18 heavy (non-hydrogen) atoms. The molecule has 1 aromatic rings. The highest BCUT2D eigenvalue weighted by Crippen LogP contribution is 2.12. The molecule has 0 aliphatic carbocycles. The highest BCUT2D eigenvalue weighted by molar-refractivity contribution is 9.10. The number of hydrogen-bond donors (Lipinski definition) is 2. The van der Waals surface area contributed by atoms with Gasteiger partial charge in [-0.05, 0) is 34.0 Å². The number of carbonyl (C=O) groups is 1. The first kappa shape index (κ1) is 15.1. The predicted molar refractivity (Wildman–Crippen MR) is 74.3 cm³/mol. The number of aliphatic hydroxyl groups is 1. The van der Waals surface area contributed by atoms with E-state index in [2.05, 4.69) is 26.2 Å². The number of carbonyl (C=O) groups excluding carboxylic acids is 1. The number of halogens is 1. The van der Waals surface area contributed by atoms with Crippen molar-refractivity contribution in [2.24, 2.45) is 5.92 Å². The van der Waals surface area contributed by atoms with Crippen molar-refractivity contribution in [2.45, 2.75) is 32.8 Å². The van der Waals surface area contributed by atoms with Crippen molar-refractivity contribution in [3.05, 3.63) is 28.5 Å². The van der Waals surface area contributed by atoms with E-state index in [0.29, 0.717) is 5.69 Å². The van der Waals surface area contributed by atoms with Crippen LogP contribution in [0, 0.1) is 5.92 Å². The van der Waals surface area contributed by atoms with Crippen molar-refractivity contribution in [3.8, 4) is 0 Å². The SMILES string of the molecule is CCC(CC)C(O)CNC(=O)c1ccc(Br)cn1. The van der Waals surface area contributed by atoms with E-state index in [0.717, 1.165) is 17.3 Å². The Morgan fingerprint density at radius 1 is 1.44 bits per heavy atom. The molecule has 1 amide bonds. The van der Waals surface area contributed by atoms with Crippen molar-refractivity contribution in [1.82, 2.24) is 10.3 Å². The molecule has 0 aromatic carbocycles. The third kappa shape index (κ3) is 4.38. The maximum absolute atomic E-state index is 11.8. The molecule has 1 atom stereocenters. The monoisotopic (exact) mass is 314 g/mol. The maximum atomic E-state index is 11.8. The number of nitrogens with one attached hydrogen (secondary N) is 1. The summed E-state index contributed by atoms with van der Waals surface area (Å²) < 4.78 is 0.830. The fraction of sp³-hybridized carbons (Fsp3) is 0.538. The molecule has 1 heterocycles. The Hall–Kier alpha value is -0.940. The molecule has 2 N–H and O–H groups in total. The molecule has 5 heteroatoms. The van der Waals surface area contributed by atoms with Crippen molar-refractivity contribution in [3.63, 3.8) is 0 Å². The number of hydrogen-bond acceptors (Lipinski definition) is 3. The van der Waals surface area contributed by atoms with Gasteiger partial charge >= 0.3 is 0 Å². The van der Waals surface area contributed by atoms with Crippen LogP contribution in [0.25, 0.3) is 0 Å². The van der Waals surface area contributed by atoms with Crippen LogP contribution in [-0.2, 0) is 0 Å². The maximum Gasteiger partial charge on any atom is 0.269 e. The van der Waals surface area contributed by atoms with Gasteiger partial charge in [0.15, 0.2) is 0 Å². The summed E-state index contributed by atoms with van der Waals surface area (Å²) in [5, 5.41) is 12.6. The van der Waals surface area contributed by atoms with Crippen LogP contribution in [-0.4, -0.2) is 28.6 Å². The van der Waals surface area contributed by atoms with E-state index < -0.39 is 6.10 Å². The van der Waals surface area contributed by atoms with Crippen LogP contribution in [0.5, 0.6) is 0 Å². The smallest absolute Gasteiger partial charge is 0.269 e. The second-order valence-electron chi connectivity index (χ2n) is 4.22. The molecule has 1 aromatic heterocycles. The van der Waals surface area contributed by atoms with E-state index in [-0.39, 0.29) is 18.4 Å². The lowest BCUT2D eigenvalue weighted by atomic mass is 9.96. The molecule has 0 bridgehead atoms. The summed E-state index contributed by atoms with van der Waals surface area (Å²) >= 11 is 3.26. The second kappa shape index (κ2) is 7.48. The van der Waals surface area contributed by atoms with Crippen LogP contribution in [0.2, 0.25) is 0 Å². The molecule has 0 aliphatic heterocycles. The van der Waals surface area contributed by atoms with Gasteiger partial charge in [0.1, 0.15) is 5.69 Å². The Morgan fingerprint density at radius 2 is 2.11 bits per heavy atom. The quantitative estimate of drug-likeness (QED) is 0.847. The van der Waals surface area contributed by atoms with Gasteiger partial charge in [0.2, 0.25) is 0 Å². The highest BCUT2D eigenvalue weighted by atomic mass is 79.9. The average molecular weight is 315 g/mol. The lowest BCUT2D eigenvalue weighted by Gasteiger charge is -2.20. The first-order chi connectivity index (χ1) is 8.58. The standard InChI is InChI=1S/C13H19BrN2O2/c1-3-9(4-2)12(17)8-16-13(18)11-6-5-10(14)7-15-11/h5-7,9,12,17H,3-4,8H2,1-2H3,(H,16,18). The van der Waals surface area contributed by atoms with Gasteiger partial charge < -0.3 is 10.4 Å². The highest BCUT2D eigenvalue weighted by Gasteiger charge is 2.16. The lowest BCUT2D eigenvalue weighted by molar-refractivity contribution is 0.0813. The van der Waals surface area contributed by atoms with E-state index in [1.165, 1.54) is 0 Å². The van der Waals surface area contributed by atoms with E-state index in [1.807, 2.05) is 13.8 Å². The molecule has 0 aliphatic rings. The molecule has 0 saturated carbocycles. The van der Waals surface area contributed by atoms with Crippen LogP contribution < -0.4 is 5.32 Å². The molecular weight excluding hydrogens is 296 g/mol. The summed E-state index contributed by atoms with van der Waals surface area (Å²) in [5.74, 6) is -0.0318. The number of pyridine rings is 1. The molecule has 1 unspecified atom stereocenters. The van der Waals surface area contributed by atoms with Crippen LogP contribution in [0.1, 0.15) is 37.2 Å². The van der Waals surface area contributed by atoms with Crippen molar-refractivity contribution < 1.29 is 9.90 Å². The Kier molecular flexibility index (Phi) is 6.29. The molecule has 4 nitrogen and oxygen atoms in total. The molecule has 0 fully saturated rings. The molecular formula is C13H19BrN2O2. The van der Waals surface area contributed by atoms with Gasteiger partial charge in [-0.2, -0.15) is 0 Å². The molecule has 0 saturated heterocycles. The fourth-order valence-electron chi connectivity index (χ4n) is 1.80. The summed E-state index contributed by atoms with van der Waals surface area (Å²) in [6, 6.07) is 3.40. The second-order valence-corrected chi connectivity index (χ2v) is 5.13. The largest absolute Gasteiger partial charge is 0.391 e. The fourth-order valence-corrected chi connectivity index (χ4v) is 2.03. The Labute approximate surface area is 116 Å². The summed E-state index contributed by atoms with van der Waals surface area (Å²) in [7, 11) is 0. The summed E-state index contributed by atoms with van der Waals surface area (Å²) in [4.78, 5) is 15.8. The van der Waals surface area contributed by atoms with Gasteiger partial charge in [0, 0.05) is 17.2 Å². The van der Waals surface area contributed by atoms with Crippen molar-refractivity contribution >= 4 is 21.8 Å². The molecule has 0 spiro atoms. The third-order valence-electron chi connectivity index (χ3n) is 3.02. The van der Waals surface area contributed by atoms with E-state index in [1.54, 1.807) is 18.3 Å². The molecule has 100 valence electrons.